The molecule has 0 aliphatic carbocycles. The van der Waals surface area contributed by atoms with Gasteiger partial charge < -0.3 is 13.7 Å². The number of hydrogen-bond donors (Lipinski definition) is 0. The zero-order valence-electron chi connectivity index (χ0n) is 45.6. The van der Waals surface area contributed by atoms with E-state index in [-0.39, 0.29) is 0 Å². The largest absolute Gasteiger partial charge is 0.309 e. The summed E-state index contributed by atoms with van der Waals surface area (Å²) in [5, 5.41) is 6.91. The fourth-order valence-corrected chi connectivity index (χ4v) is 12.5. The number of hydrogen-bond acceptors (Lipinski definition) is 5. The molecule has 0 saturated heterocycles. The highest BCUT2D eigenvalue weighted by atomic mass is 15.3. The summed E-state index contributed by atoms with van der Waals surface area (Å²) in [6.45, 7) is 0. The Bertz CT molecular complexity index is 4860. The smallest absolute Gasteiger partial charge is 0.238 e. The zero-order valence-corrected chi connectivity index (χ0v) is 45.6. The van der Waals surface area contributed by atoms with Crippen molar-refractivity contribution in [3.8, 4) is 17.1 Å². The highest BCUT2D eigenvalue weighted by molar-refractivity contribution is 6.13. The number of nitrogens with zero attached hydrogens (tertiary/aromatic N) is 8. The van der Waals surface area contributed by atoms with Gasteiger partial charge in [0.25, 0.3) is 0 Å². The third kappa shape index (κ3) is 8.15. The lowest BCUT2D eigenvalue weighted by Gasteiger charge is -2.31. The topological polar surface area (TPSA) is 50.3 Å². The number of benzene rings is 12. The van der Waals surface area contributed by atoms with Gasteiger partial charge in [0, 0.05) is 83.9 Å². The second kappa shape index (κ2) is 20.3. The molecule has 4 heterocycles. The normalized spacial score (nSPS) is 11.6. The van der Waals surface area contributed by atoms with E-state index in [2.05, 4.69) is 344 Å². The van der Waals surface area contributed by atoms with Crippen LogP contribution in [0.15, 0.2) is 315 Å². The van der Waals surface area contributed by atoms with Crippen LogP contribution < -0.4 is 14.7 Å². The van der Waals surface area contributed by atoms with Gasteiger partial charge in [-0.25, -0.2) is 0 Å². The van der Waals surface area contributed by atoms with Crippen LogP contribution in [0.5, 0.6) is 0 Å². The Morgan fingerprint density at radius 3 is 0.917 bits per heavy atom. The van der Waals surface area contributed by atoms with Crippen LogP contribution in [0.25, 0.3) is 82.5 Å². The summed E-state index contributed by atoms with van der Waals surface area (Å²) in [5.74, 6) is 1.84. The lowest BCUT2D eigenvalue weighted by atomic mass is 10.1. The molecule has 84 heavy (non-hydrogen) atoms. The molecule has 0 unspecified atom stereocenters. The van der Waals surface area contributed by atoms with Gasteiger partial charge in [0.2, 0.25) is 5.95 Å². The third-order valence-electron chi connectivity index (χ3n) is 16.2. The minimum absolute atomic E-state index is 0.487. The first-order valence-electron chi connectivity index (χ1n) is 28.4. The fraction of sp³-hybridized carbons (Fsp3) is 0. The summed E-state index contributed by atoms with van der Waals surface area (Å²) in [6.07, 6.45) is 0. The minimum atomic E-state index is 0.487. The van der Waals surface area contributed by atoms with Crippen LogP contribution in [-0.2, 0) is 0 Å². The summed E-state index contributed by atoms with van der Waals surface area (Å²) in [4.78, 5) is 18.4. The molecule has 0 aliphatic rings. The molecule has 0 bridgehead atoms. The first-order valence-corrected chi connectivity index (χ1v) is 28.4. The quantitative estimate of drug-likeness (QED) is 0.122. The van der Waals surface area contributed by atoms with E-state index >= 15 is 0 Å². The Labute approximate surface area is 485 Å². The maximum Gasteiger partial charge on any atom is 0.238 e. The molecule has 396 valence electrons. The molecule has 16 aromatic rings. The van der Waals surface area contributed by atoms with E-state index < -0.39 is 0 Å². The lowest BCUT2D eigenvalue weighted by molar-refractivity contribution is 1.04. The number of fused-ring (bicyclic) bond motifs is 9. The second-order valence-electron chi connectivity index (χ2n) is 21.1. The number of para-hydroxylation sites is 9. The molecule has 0 aliphatic heterocycles. The van der Waals surface area contributed by atoms with E-state index in [9.17, 15) is 0 Å². The Morgan fingerprint density at radius 2 is 0.500 bits per heavy atom. The molecular formula is C76H52N8. The van der Waals surface area contributed by atoms with Crippen molar-refractivity contribution in [1.82, 2.24) is 23.7 Å². The molecule has 0 amide bonds. The van der Waals surface area contributed by atoms with Gasteiger partial charge in [0.15, 0.2) is 0 Å². The Morgan fingerprint density at radius 1 is 0.202 bits per heavy atom. The van der Waals surface area contributed by atoms with Crippen molar-refractivity contribution >= 4 is 117 Å². The molecule has 8 heteroatoms. The SMILES string of the molecule is c1ccc(N(c2ccc3c(c2)c2ccccc2n3-c2ccccc2)c2cc(N(c3ccccc3)c3ccc4c(c3)c3ccccc3n4-c3ccccc3)nc(N(c3ccccc3)c3ccc4c5ccccc5n(-c5ccccc5)c4c3)n2)cc1. The zero-order chi connectivity index (χ0) is 55.5. The van der Waals surface area contributed by atoms with E-state index in [0.717, 1.165) is 111 Å². The van der Waals surface area contributed by atoms with Crippen LogP contribution in [0.3, 0.4) is 0 Å². The Kier molecular flexibility index (Phi) is 11.7. The highest BCUT2D eigenvalue weighted by Crippen LogP contribution is 2.46. The van der Waals surface area contributed by atoms with E-state index in [4.69, 9.17) is 9.97 Å². The number of anilines is 9. The van der Waals surface area contributed by atoms with E-state index in [0.29, 0.717) is 17.6 Å². The maximum atomic E-state index is 5.83. The van der Waals surface area contributed by atoms with Crippen molar-refractivity contribution in [2.24, 2.45) is 0 Å². The standard InChI is InChI=1S/C76H52N8/c1-7-25-53(26-8-1)79(59-44-47-71-66(49-59)63-38-20-23-41-69(63)82(71)56-31-13-4-14-32-56)74-52-75(80(54-27-9-2-10-28-54)60-45-48-72-67(50-60)64-39-21-24-42-70(64)83(72)57-33-15-5-16-34-57)78-76(77-74)81(55-29-11-3-12-30-55)61-43-46-65-62-37-19-22-40-68(62)84(73(65)51-61)58-35-17-6-18-36-58/h1-52H. The van der Waals surface area contributed by atoms with Gasteiger partial charge in [-0.15, -0.1) is 0 Å². The van der Waals surface area contributed by atoms with Gasteiger partial charge in [-0.05, 0) is 140 Å². The van der Waals surface area contributed by atoms with Gasteiger partial charge in [-0.2, -0.15) is 9.97 Å². The van der Waals surface area contributed by atoms with Crippen molar-refractivity contribution in [2.75, 3.05) is 14.7 Å². The summed E-state index contributed by atoms with van der Waals surface area (Å²) in [7, 11) is 0. The summed E-state index contributed by atoms with van der Waals surface area (Å²) in [6, 6.07) is 112. The van der Waals surface area contributed by atoms with Crippen molar-refractivity contribution in [3.05, 3.63) is 315 Å². The van der Waals surface area contributed by atoms with Crippen LogP contribution in [0.1, 0.15) is 0 Å². The van der Waals surface area contributed by atoms with Crippen molar-refractivity contribution in [3.63, 3.8) is 0 Å². The lowest BCUT2D eigenvalue weighted by Crippen LogP contribution is -2.20. The van der Waals surface area contributed by atoms with E-state index in [1.807, 2.05) is 0 Å². The molecule has 0 atom stereocenters. The van der Waals surface area contributed by atoms with Crippen LogP contribution in [0.2, 0.25) is 0 Å². The summed E-state index contributed by atoms with van der Waals surface area (Å²) in [5.41, 5.74) is 15.6. The molecule has 16 rings (SSSR count). The first-order chi connectivity index (χ1) is 41.7. The van der Waals surface area contributed by atoms with Gasteiger partial charge in [0.1, 0.15) is 11.6 Å². The van der Waals surface area contributed by atoms with Gasteiger partial charge in [0.05, 0.1) is 38.8 Å². The molecule has 0 fully saturated rings. The van der Waals surface area contributed by atoms with Crippen LogP contribution in [-0.4, -0.2) is 23.7 Å². The fourth-order valence-electron chi connectivity index (χ4n) is 12.5. The predicted molar refractivity (Wildman–Crippen MR) is 349 cm³/mol. The molecular weight excluding hydrogens is 1020 g/mol. The van der Waals surface area contributed by atoms with E-state index in [1.54, 1.807) is 0 Å². The van der Waals surface area contributed by atoms with Gasteiger partial charge in [-0.3, -0.25) is 14.7 Å². The van der Waals surface area contributed by atoms with Gasteiger partial charge >= 0.3 is 0 Å². The molecule has 8 nitrogen and oxygen atoms in total. The van der Waals surface area contributed by atoms with Crippen LogP contribution in [0, 0.1) is 0 Å². The minimum Gasteiger partial charge on any atom is -0.309 e. The third-order valence-corrected chi connectivity index (χ3v) is 16.2. The van der Waals surface area contributed by atoms with Crippen LogP contribution >= 0.6 is 0 Å². The van der Waals surface area contributed by atoms with Crippen LogP contribution in [0.4, 0.5) is 51.7 Å². The molecule has 0 spiro atoms. The molecule has 0 saturated carbocycles. The van der Waals surface area contributed by atoms with Crippen molar-refractivity contribution in [1.29, 1.82) is 0 Å². The Balaban J connectivity index is 0.977. The maximum absolute atomic E-state index is 5.83. The average Bonchev–Trinajstić information content (AvgIpc) is 2.63. The average molecular weight is 1080 g/mol. The monoisotopic (exact) mass is 1080 g/mol. The number of aromatic nitrogens is 5. The number of rotatable bonds is 12. The molecule has 0 N–H and O–H groups in total. The second-order valence-corrected chi connectivity index (χ2v) is 21.1. The first kappa shape index (κ1) is 48.4. The van der Waals surface area contributed by atoms with E-state index in [1.165, 1.54) is 5.39 Å². The Hall–Kier alpha value is -11.5. The summed E-state index contributed by atoms with van der Waals surface area (Å²) < 4.78 is 7.09. The molecule has 0 radical (unpaired) electrons. The molecule has 12 aromatic carbocycles. The predicted octanol–water partition coefficient (Wildman–Crippen LogP) is 20.2. The van der Waals surface area contributed by atoms with Crippen molar-refractivity contribution < 1.29 is 0 Å². The van der Waals surface area contributed by atoms with Gasteiger partial charge in [-0.1, -0.05) is 170 Å². The summed E-state index contributed by atoms with van der Waals surface area (Å²) >= 11 is 0. The highest BCUT2D eigenvalue weighted by Gasteiger charge is 2.27. The van der Waals surface area contributed by atoms with Crippen molar-refractivity contribution in [2.45, 2.75) is 0 Å². The molecule has 4 aromatic heterocycles.